The van der Waals surface area contributed by atoms with Gasteiger partial charge < -0.3 is 15.4 Å². The summed E-state index contributed by atoms with van der Waals surface area (Å²) in [6, 6.07) is 6.87. The summed E-state index contributed by atoms with van der Waals surface area (Å²) >= 11 is 0. The number of nitrogens with one attached hydrogen (secondary N) is 2. The van der Waals surface area contributed by atoms with E-state index in [1.54, 1.807) is 24.3 Å². The summed E-state index contributed by atoms with van der Waals surface area (Å²) < 4.78 is 4.97. The molecule has 5 heteroatoms. The van der Waals surface area contributed by atoms with Gasteiger partial charge in [0.1, 0.15) is 5.75 Å². The molecule has 1 aliphatic heterocycles. The van der Waals surface area contributed by atoms with Crippen LogP contribution in [-0.2, 0) is 4.79 Å². The van der Waals surface area contributed by atoms with Crippen LogP contribution in [0.25, 0.3) is 0 Å². The van der Waals surface area contributed by atoms with Gasteiger partial charge in [0.2, 0.25) is 0 Å². The topological polar surface area (TPSA) is 67.4 Å². The number of benzene rings is 1. The molecule has 0 saturated carbocycles. The molecule has 102 valence electrons. The third kappa shape index (κ3) is 4.06. The van der Waals surface area contributed by atoms with Crippen molar-refractivity contribution in [3.8, 4) is 5.75 Å². The molecule has 0 atom stereocenters. The zero-order valence-corrected chi connectivity index (χ0v) is 10.9. The molecule has 1 heterocycles. The molecule has 19 heavy (non-hydrogen) atoms. The fraction of sp³-hybridized carbons (Fsp3) is 0.429. The van der Waals surface area contributed by atoms with Crippen molar-refractivity contribution >= 4 is 11.9 Å². The SMILES string of the molecule is CC(=O)Oc1cccc(C(=O)NC2CCNCC2)c1. The highest BCUT2D eigenvalue weighted by Gasteiger charge is 2.16. The number of rotatable bonds is 3. The van der Waals surface area contributed by atoms with Gasteiger partial charge in [-0.2, -0.15) is 0 Å². The summed E-state index contributed by atoms with van der Waals surface area (Å²) in [5.74, 6) is -0.123. The van der Waals surface area contributed by atoms with Crippen LogP contribution in [-0.4, -0.2) is 31.0 Å². The minimum atomic E-state index is -0.393. The summed E-state index contributed by atoms with van der Waals surface area (Å²) in [4.78, 5) is 23.0. The molecule has 1 aromatic rings. The lowest BCUT2D eigenvalue weighted by Gasteiger charge is -2.23. The molecule has 5 nitrogen and oxygen atoms in total. The van der Waals surface area contributed by atoms with Crippen LogP contribution in [0, 0.1) is 0 Å². The van der Waals surface area contributed by atoms with Crippen molar-refractivity contribution in [1.29, 1.82) is 0 Å². The summed E-state index contributed by atoms with van der Waals surface area (Å²) in [7, 11) is 0. The second kappa shape index (κ2) is 6.33. The van der Waals surface area contributed by atoms with Crippen LogP contribution in [0.5, 0.6) is 5.75 Å². The highest BCUT2D eigenvalue weighted by molar-refractivity contribution is 5.94. The number of carbonyl (C=O) groups excluding carboxylic acids is 2. The third-order valence-electron chi connectivity index (χ3n) is 3.03. The maximum atomic E-state index is 12.1. The smallest absolute Gasteiger partial charge is 0.308 e. The number of piperidine rings is 1. The number of carbonyl (C=O) groups is 2. The molecule has 0 spiro atoms. The molecule has 0 bridgehead atoms. The maximum absolute atomic E-state index is 12.1. The standard InChI is InChI=1S/C14H18N2O3/c1-10(17)19-13-4-2-3-11(9-13)14(18)16-12-5-7-15-8-6-12/h2-4,9,12,15H,5-8H2,1H3,(H,16,18). The van der Waals surface area contributed by atoms with Crippen LogP contribution in [0.1, 0.15) is 30.1 Å². The van der Waals surface area contributed by atoms with Crippen LogP contribution >= 0.6 is 0 Å². The van der Waals surface area contributed by atoms with E-state index in [0.29, 0.717) is 11.3 Å². The minimum absolute atomic E-state index is 0.124. The maximum Gasteiger partial charge on any atom is 0.308 e. The van der Waals surface area contributed by atoms with Crippen LogP contribution in [0.3, 0.4) is 0 Å². The first-order chi connectivity index (χ1) is 9.15. The average molecular weight is 262 g/mol. The van der Waals surface area contributed by atoms with Gasteiger partial charge in [0.25, 0.3) is 5.91 Å². The zero-order chi connectivity index (χ0) is 13.7. The van der Waals surface area contributed by atoms with Gasteiger partial charge in [-0.3, -0.25) is 9.59 Å². The molecule has 1 aromatic carbocycles. The Labute approximate surface area is 112 Å². The zero-order valence-electron chi connectivity index (χ0n) is 10.9. The summed E-state index contributed by atoms with van der Waals surface area (Å²) in [6.07, 6.45) is 1.88. The Bertz CT molecular complexity index is 468. The molecule has 0 aliphatic carbocycles. The molecule has 0 unspecified atom stereocenters. The van der Waals surface area contributed by atoms with E-state index in [-0.39, 0.29) is 11.9 Å². The molecule has 0 radical (unpaired) electrons. The van der Waals surface area contributed by atoms with E-state index in [1.807, 2.05) is 0 Å². The van der Waals surface area contributed by atoms with Crippen LogP contribution < -0.4 is 15.4 Å². The van der Waals surface area contributed by atoms with Crippen molar-refractivity contribution in [2.24, 2.45) is 0 Å². The molecule has 1 aliphatic rings. The van der Waals surface area contributed by atoms with Crippen molar-refractivity contribution in [3.63, 3.8) is 0 Å². The van der Waals surface area contributed by atoms with Gasteiger partial charge in [-0.15, -0.1) is 0 Å². The van der Waals surface area contributed by atoms with Gasteiger partial charge >= 0.3 is 5.97 Å². The quantitative estimate of drug-likeness (QED) is 0.632. The highest BCUT2D eigenvalue weighted by atomic mass is 16.5. The van der Waals surface area contributed by atoms with E-state index in [2.05, 4.69) is 10.6 Å². The number of esters is 1. The van der Waals surface area contributed by atoms with E-state index in [1.165, 1.54) is 6.92 Å². The fourth-order valence-electron chi connectivity index (χ4n) is 2.10. The Hall–Kier alpha value is -1.88. The number of hydrogen-bond acceptors (Lipinski definition) is 4. The second-order valence-electron chi connectivity index (χ2n) is 4.62. The lowest BCUT2D eigenvalue weighted by Crippen LogP contribution is -2.42. The first kappa shape index (κ1) is 13.5. The molecular formula is C14H18N2O3. The Kier molecular flexibility index (Phi) is 4.52. The molecule has 1 saturated heterocycles. The van der Waals surface area contributed by atoms with Gasteiger partial charge in [0.15, 0.2) is 0 Å². The summed E-state index contributed by atoms with van der Waals surface area (Å²) in [6.45, 7) is 3.19. The highest BCUT2D eigenvalue weighted by Crippen LogP contribution is 2.14. The van der Waals surface area contributed by atoms with E-state index >= 15 is 0 Å². The summed E-state index contributed by atoms with van der Waals surface area (Å²) in [5.41, 5.74) is 0.511. The Morgan fingerprint density at radius 3 is 2.74 bits per heavy atom. The van der Waals surface area contributed by atoms with Crippen molar-refractivity contribution in [2.45, 2.75) is 25.8 Å². The predicted molar refractivity (Wildman–Crippen MR) is 71.1 cm³/mol. The van der Waals surface area contributed by atoms with Gasteiger partial charge in [-0.25, -0.2) is 0 Å². The number of ether oxygens (including phenoxy) is 1. The first-order valence-corrected chi connectivity index (χ1v) is 6.45. The lowest BCUT2D eigenvalue weighted by molar-refractivity contribution is -0.131. The van der Waals surface area contributed by atoms with Crippen molar-refractivity contribution < 1.29 is 14.3 Å². The van der Waals surface area contributed by atoms with E-state index in [4.69, 9.17) is 4.74 Å². The van der Waals surface area contributed by atoms with Gasteiger partial charge in [-0.05, 0) is 44.1 Å². The summed E-state index contributed by atoms with van der Waals surface area (Å²) in [5, 5.41) is 6.25. The number of amides is 1. The molecule has 1 amide bonds. The normalized spacial score (nSPS) is 15.8. The monoisotopic (exact) mass is 262 g/mol. The molecule has 2 N–H and O–H groups in total. The molecule has 2 rings (SSSR count). The lowest BCUT2D eigenvalue weighted by atomic mass is 10.1. The van der Waals surface area contributed by atoms with Crippen LogP contribution in [0.2, 0.25) is 0 Å². The number of hydrogen-bond donors (Lipinski definition) is 2. The second-order valence-corrected chi connectivity index (χ2v) is 4.62. The average Bonchev–Trinajstić information content (AvgIpc) is 2.39. The Balaban J connectivity index is 1.99. The van der Waals surface area contributed by atoms with Crippen molar-refractivity contribution in [3.05, 3.63) is 29.8 Å². The van der Waals surface area contributed by atoms with E-state index in [0.717, 1.165) is 25.9 Å². The molecular weight excluding hydrogens is 244 g/mol. The Morgan fingerprint density at radius 1 is 1.32 bits per heavy atom. The van der Waals surface area contributed by atoms with E-state index in [9.17, 15) is 9.59 Å². The molecule has 0 aromatic heterocycles. The first-order valence-electron chi connectivity index (χ1n) is 6.45. The van der Waals surface area contributed by atoms with Gasteiger partial charge in [0, 0.05) is 18.5 Å². The van der Waals surface area contributed by atoms with Crippen LogP contribution in [0.4, 0.5) is 0 Å². The predicted octanol–water partition coefficient (Wildman–Crippen LogP) is 1.09. The van der Waals surface area contributed by atoms with E-state index < -0.39 is 5.97 Å². The van der Waals surface area contributed by atoms with Crippen LogP contribution in [0.15, 0.2) is 24.3 Å². The van der Waals surface area contributed by atoms with Crippen molar-refractivity contribution in [2.75, 3.05) is 13.1 Å². The van der Waals surface area contributed by atoms with Crippen molar-refractivity contribution in [1.82, 2.24) is 10.6 Å². The van der Waals surface area contributed by atoms with Gasteiger partial charge in [-0.1, -0.05) is 6.07 Å². The van der Waals surface area contributed by atoms with Gasteiger partial charge in [0.05, 0.1) is 0 Å². The third-order valence-corrected chi connectivity index (χ3v) is 3.03. The molecule has 1 fully saturated rings. The minimum Gasteiger partial charge on any atom is -0.427 e. The Morgan fingerprint density at radius 2 is 2.05 bits per heavy atom. The largest absolute Gasteiger partial charge is 0.427 e. The fourth-order valence-corrected chi connectivity index (χ4v) is 2.10.